The Balaban J connectivity index is 2.59. The molecule has 0 aliphatic rings. The normalized spacial score (nSPS) is 11.3. The van der Waals surface area contributed by atoms with Crippen molar-refractivity contribution in [3.8, 4) is 12.3 Å². The number of nitrogens with one attached hydrogen (secondary N) is 3. The summed E-state index contributed by atoms with van der Waals surface area (Å²) in [6.45, 7) is 3.84. The molecule has 1 atom stereocenters. The first-order chi connectivity index (χ1) is 9.54. The van der Waals surface area contributed by atoms with Gasteiger partial charge < -0.3 is 16.0 Å². The third-order valence-corrected chi connectivity index (χ3v) is 2.63. The molecule has 1 aromatic rings. The van der Waals surface area contributed by atoms with E-state index in [1.807, 2.05) is 32.0 Å². The Hall–Kier alpha value is -2.48. The number of urea groups is 1. The molecule has 0 saturated heterocycles. The molecule has 0 fully saturated rings. The van der Waals surface area contributed by atoms with E-state index < -0.39 is 12.1 Å². The van der Waals surface area contributed by atoms with Crippen LogP contribution in [0.4, 0.5) is 10.5 Å². The fraction of sp³-hybridized carbons (Fsp3) is 0.333. The van der Waals surface area contributed by atoms with Crippen molar-refractivity contribution >= 4 is 17.6 Å². The second-order valence-electron chi connectivity index (χ2n) is 4.61. The number of hydrogen-bond acceptors (Lipinski definition) is 2. The largest absolute Gasteiger partial charge is 0.343 e. The summed E-state index contributed by atoms with van der Waals surface area (Å²) >= 11 is 0. The van der Waals surface area contributed by atoms with E-state index in [1.54, 1.807) is 12.1 Å². The smallest absolute Gasteiger partial charge is 0.319 e. The molecule has 0 aliphatic heterocycles. The van der Waals surface area contributed by atoms with Crippen LogP contribution in [-0.2, 0) is 4.79 Å². The number of amides is 3. The van der Waals surface area contributed by atoms with E-state index in [0.717, 1.165) is 0 Å². The van der Waals surface area contributed by atoms with Gasteiger partial charge in [-0.05, 0) is 18.1 Å². The minimum absolute atomic E-state index is 0.0469. The Morgan fingerprint density at radius 3 is 2.45 bits per heavy atom. The first kappa shape index (κ1) is 15.6. The summed E-state index contributed by atoms with van der Waals surface area (Å²) in [5, 5.41) is 7.88. The van der Waals surface area contributed by atoms with Gasteiger partial charge in [-0.1, -0.05) is 38.0 Å². The van der Waals surface area contributed by atoms with Gasteiger partial charge in [0.1, 0.15) is 6.04 Å². The van der Waals surface area contributed by atoms with Crippen molar-refractivity contribution in [3.05, 3.63) is 30.3 Å². The van der Waals surface area contributed by atoms with E-state index >= 15 is 0 Å². The Bertz CT molecular complexity index is 492. The molecule has 3 N–H and O–H groups in total. The topological polar surface area (TPSA) is 70.2 Å². The van der Waals surface area contributed by atoms with Crippen LogP contribution in [0.5, 0.6) is 0 Å². The minimum atomic E-state index is -0.632. The first-order valence-corrected chi connectivity index (χ1v) is 6.38. The van der Waals surface area contributed by atoms with E-state index in [0.29, 0.717) is 5.69 Å². The second-order valence-corrected chi connectivity index (χ2v) is 4.61. The van der Waals surface area contributed by atoms with Crippen LogP contribution in [-0.4, -0.2) is 24.5 Å². The van der Waals surface area contributed by atoms with Crippen molar-refractivity contribution in [2.45, 2.75) is 19.9 Å². The molecule has 0 unspecified atom stereocenters. The van der Waals surface area contributed by atoms with Crippen LogP contribution >= 0.6 is 0 Å². The predicted molar refractivity (Wildman–Crippen MR) is 79.1 cm³/mol. The van der Waals surface area contributed by atoms with Crippen LogP contribution in [0, 0.1) is 18.3 Å². The third-order valence-electron chi connectivity index (χ3n) is 2.63. The van der Waals surface area contributed by atoms with Gasteiger partial charge in [0.05, 0.1) is 6.54 Å². The molecule has 5 nitrogen and oxygen atoms in total. The average molecular weight is 273 g/mol. The van der Waals surface area contributed by atoms with Crippen molar-refractivity contribution in [1.29, 1.82) is 0 Å². The van der Waals surface area contributed by atoms with Crippen molar-refractivity contribution in [2.24, 2.45) is 5.92 Å². The number of hydrogen-bond donors (Lipinski definition) is 3. The highest BCUT2D eigenvalue weighted by Crippen LogP contribution is 2.06. The average Bonchev–Trinajstić information content (AvgIpc) is 2.43. The quantitative estimate of drug-likeness (QED) is 0.713. The van der Waals surface area contributed by atoms with E-state index in [4.69, 9.17) is 6.42 Å². The van der Waals surface area contributed by atoms with Crippen molar-refractivity contribution in [3.63, 3.8) is 0 Å². The number of carbonyl (C=O) groups is 2. The Labute approximate surface area is 119 Å². The predicted octanol–water partition coefficient (Wildman–Crippen LogP) is 1.58. The molecule has 1 aromatic carbocycles. The van der Waals surface area contributed by atoms with E-state index in [1.165, 1.54) is 0 Å². The number of benzene rings is 1. The number of para-hydroxylation sites is 1. The van der Waals surface area contributed by atoms with E-state index in [9.17, 15) is 9.59 Å². The highest BCUT2D eigenvalue weighted by Gasteiger charge is 2.23. The van der Waals surface area contributed by atoms with Gasteiger partial charge in [-0.15, -0.1) is 6.42 Å². The molecule has 0 radical (unpaired) electrons. The SMILES string of the molecule is C#CCNC(=O)[C@H](NC(=O)Nc1ccccc1)C(C)C. The van der Waals surface area contributed by atoms with Crippen LogP contribution in [0.15, 0.2) is 30.3 Å². The summed E-state index contributed by atoms with van der Waals surface area (Å²) < 4.78 is 0. The van der Waals surface area contributed by atoms with Gasteiger partial charge in [0, 0.05) is 5.69 Å². The highest BCUT2D eigenvalue weighted by molar-refractivity contribution is 5.93. The van der Waals surface area contributed by atoms with Gasteiger partial charge in [-0.2, -0.15) is 0 Å². The minimum Gasteiger partial charge on any atom is -0.343 e. The summed E-state index contributed by atoms with van der Waals surface area (Å²) in [6.07, 6.45) is 5.09. The van der Waals surface area contributed by atoms with E-state index in [-0.39, 0.29) is 18.4 Å². The van der Waals surface area contributed by atoms with Crippen LogP contribution in [0.25, 0.3) is 0 Å². The fourth-order valence-electron chi connectivity index (χ4n) is 1.61. The Kier molecular flexibility index (Phi) is 6.11. The zero-order valence-electron chi connectivity index (χ0n) is 11.6. The summed E-state index contributed by atoms with van der Waals surface area (Å²) in [7, 11) is 0. The molecule has 0 heterocycles. The molecule has 0 aliphatic carbocycles. The van der Waals surface area contributed by atoms with Gasteiger partial charge in [-0.25, -0.2) is 4.79 Å². The molecule has 5 heteroatoms. The summed E-state index contributed by atoms with van der Waals surface area (Å²) in [6, 6.07) is 7.96. The van der Waals surface area contributed by atoms with E-state index in [2.05, 4.69) is 21.9 Å². The summed E-state index contributed by atoms with van der Waals surface area (Å²) in [5.74, 6) is 1.99. The zero-order chi connectivity index (χ0) is 15.0. The van der Waals surface area contributed by atoms with Crippen LogP contribution < -0.4 is 16.0 Å². The molecular formula is C15H19N3O2. The second kappa shape index (κ2) is 7.85. The standard InChI is InChI=1S/C15H19N3O2/c1-4-10-16-14(19)13(11(2)3)18-15(20)17-12-8-6-5-7-9-12/h1,5-9,11,13H,10H2,2-3H3,(H,16,19)(H2,17,18,20)/t13-/m1/s1. The maximum Gasteiger partial charge on any atom is 0.319 e. The van der Waals surface area contributed by atoms with Crippen molar-refractivity contribution in [2.75, 3.05) is 11.9 Å². The first-order valence-electron chi connectivity index (χ1n) is 6.38. The molecule has 1 rings (SSSR count). The molecule has 106 valence electrons. The van der Waals surface area contributed by atoms with Crippen LogP contribution in [0.1, 0.15) is 13.8 Å². The molecule has 0 saturated carbocycles. The summed E-state index contributed by atoms with van der Waals surface area (Å²) in [5.41, 5.74) is 0.663. The molecular weight excluding hydrogens is 254 g/mol. The number of rotatable bonds is 5. The van der Waals surface area contributed by atoms with Gasteiger partial charge in [0.15, 0.2) is 0 Å². The lowest BCUT2D eigenvalue weighted by Crippen LogP contribution is -2.50. The molecule has 0 spiro atoms. The molecule has 0 aromatic heterocycles. The fourth-order valence-corrected chi connectivity index (χ4v) is 1.61. The van der Waals surface area contributed by atoms with Crippen LogP contribution in [0.2, 0.25) is 0 Å². The molecule has 3 amide bonds. The number of anilines is 1. The lowest BCUT2D eigenvalue weighted by atomic mass is 10.0. The summed E-state index contributed by atoms with van der Waals surface area (Å²) in [4.78, 5) is 23.7. The van der Waals surface area contributed by atoms with Crippen molar-refractivity contribution < 1.29 is 9.59 Å². The lowest BCUT2D eigenvalue weighted by molar-refractivity contribution is -0.123. The number of terminal acetylenes is 1. The highest BCUT2D eigenvalue weighted by atomic mass is 16.2. The maximum absolute atomic E-state index is 11.9. The van der Waals surface area contributed by atoms with Crippen LogP contribution in [0.3, 0.4) is 0 Å². The van der Waals surface area contributed by atoms with Gasteiger partial charge in [-0.3, -0.25) is 4.79 Å². The van der Waals surface area contributed by atoms with Gasteiger partial charge >= 0.3 is 6.03 Å². The molecule has 20 heavy (non-hydrogen) atoms. The third kappa shape index (κ3) is 5.02. The zero-order valence-corrected chi connectivity index (χ0v) is 11.6. The van der Waals surface area contributed by atoms with Crippen molar-refractivity contribution in [1.82, 2.24) is 10.6 Å². The number of carbonyl (C=O) groups excluding carboxylic acids is 2. The Morgan fingerprint density at radius 2 is 1.90 bits per heavy atom. The van der Waals surface area contributed by atoms with Gasteiger partial charge in [0.25, 0.3) is 0 Å². The molecule has 0 bridgehead atoms. The Morgan fingerprint density at radius 1 is 1.25 bits per heavy atom. The van der Waals surface area contributed by atoms with Gasteiger partial charge in [0.2, 0.25) is 5.91 Å². The maximum atomic E-state index is 11.9. The monoisotopic (exact) mass is 273 g/mol. The lowest BCUT2D eigenvalue weighted by Gasteiger charge is -2.21.